The fourth-order valence-corrected chi connectivity index (χ4v) is 3.26. The summed E-state index contributed by atoms with van der Waals surface area (Å²) >= 11 is 0. The van der Waals surface area contributed by atoms with Gasteiger partial charge in [-0.15, -0.1) is 0 Å². The van der Waals surface area contributed by atoms with Gasteiger partial charge < -0.3 is 10.4 Å². The van der Waals surface area contributed by atoms with Crippen LogP contribution in [0.5, 0.6) is 0 Å². The first-order chi connectivity index (χ1) is 9.85. The van der Waals surface area contributed by atoms with Gasteiger partial charge in [0.2, 0.25) is 0 Å². The topological polar surface area (TPSA) is 35.5 Å². The largest absolute Gasteiger partial charge is 0.401 e. The number of hydrogen-bond donors (Lipinski definition) is 2. The lowest BCUT2D eigenvalue weighted by Gasteiger charge is -2.38. The molecule has 1 saturated carbocycles. The maximum atomic E-state index is 12.6. The molecule has 1 aliphatic carbocycles. The van der Waals surface area contributed by atoms with Crippen LogP contribution in [0.1, 0.15) is 39.5 Å². The number of aliphatic hydroxyl groups is 1. The van der Waals surface area contributed by atoms with Crippen LogP contribution in [0.15, 0.2) is 0 Å². The minimum Gasteiger partial charge on any atom is -0.395 e. The second-order valence-corrected chi connectivity index (χ2v) is 6.31. The first kappa shape index (κ1) is 18.7. The summed E-state index contributed by atoms with van der Waals surface area (Å²) in [7, 11) is 0. The summed E-state index contributed by atoms with van der Waals surface area (Å²) < 4.78 is 37.9. The standard InChI is InChI=1S/C15H29F3N2O/c1-3-6-19-14-5-4-12(2)9-13(14)10-20(7-8-21)11-15(16,17)18/h12-14,19,21H,3-11H2,1-2H3. The number of halogens is 3. The van der Waals surface area contributed by atoms with Gasteiger partial charge in [0.15, 0.2) is 0 Å². The predicted octanol–water partition coefficient (Wildman–Crippen LogP) is 2.65. The predicted molar refractivity (Wildman–Crippen MR) is 78.2 cm³/mol. The molecule has 21 heavy (non-hydrogen) atoms. The molecule has 0 radical (unpaired) electrons. The summed E-state index contributed by atoms with van der Waals surface area (Å²) in [6.07, 6.45) is -0.0490. The molecule has 0 amide bonds. The van der Waals surface area contributed by atoms with Crippen LogP contribution < -0.4 is 5.32 Å². The van der Waals surface area contributed by atoms with Gasteiger partial charge in [0.1, 0.15) is 0 Å². The Bertz CT molecular complexity index is 285. The molecular formula is C15H29F3N2O. The molecule has 1 rings (SSSR count). The fourth-order valence-electron chi connectivity index (χ4n) is 3.26. The van der Waals surface area contributed by atoms with Crippen molar-refractivity contribution in [3.05, 3.63) is 0 Å². The molecule has 2 N–H and O–H groups in total. The van der Waals surface area contributed by atoms with Gasteiger partial charge in [-0.05, 0) is 44.1 Å². The van der Waals surface area contributed by atoms with Crippen molar-refractivity contribution in [1.29, 1.82) is 0 Å². The van der Waals surface area contributed by atoms with E-state index in [1.807, 2.05) is 0 Å². The van der Waals surface area contributed by atoms with Crippen LogP contribution in [0.25, 0.3) is 0 Å². The summed E-state index contributed by atoms with van der Waals surface area (Å²) in [6, 6.07) is 0.301. The summed E-state index contributed by atoms with van der Waals surface area (Å²) in [5.74, 6) is 0.797. The molecule has 6 heteroatoms. The van der Waals surface area contributed by atoms with E-state index in [9.17, 15) is 13.2 Å². The van der Waals surface area contributed by atoms with Crippen LogP contribution in [0.4, 0.5) is 13.2 Å². The zero-order chi connectivity index (χ0) is 15.9. The van der Waals surface area contributed by atoms with Gasteiger partial charge in [0.25, 0.3) is 0 Å². The van der Waals surface area contributed by atoms with Crippen LogP contribution in [0, 0.1) is 11.8 Å². The van der Waals surface area contributed by atoms with Crippen LogP contribution in [-0.4, -0.2) is 55.0 Å². The maximum Gasteiger partial charge on any atom is 0.401 e. The number of nitrogens with zero attached hydrogens (tertiary/aromatic N) is 1. The number of aliphatic hydroxyl groups excluding tert-OH is 1. The van der Waals surface area contributed by atoms with E-state index in [2.05, 4.69) is 19.2 Å². The van der Waals surface area contributed by atoms with Gasteiger partial charge in [-0.1, -0.05) is 13.8 Å². The normalized spacial score (nSPS) is 27.3. The molecule has 1 fully saturated rings. The third-order valence-corrected chi connectivity index (χ3v) is 4.21. The highest BCUT2D eigenvalue weighted by Gasteiger charge is 2.34. The lowest BCUT2D eigenvalue weighted by molar-refractivity contribution is -0.148. The highest BCUT2D eigenvalue weighted by Crippen LogP contribution is 2.30. The quantitative estimate of drug-likeness (QED) is 0.723. The first-order valence-electron chi connectivity index (χ1n) is 7.99. The highest BCUT2D eigenvalue weighted by atomic mass is 19.4. The van der Waals surface area contributed by atoms with E-state index in [1.165, 1.54) is 4.90 Å². The van der Waals surface area contributed by atoms with E-state index < -0.39 is 12.7 Å². The molecule has 3 atom stereocenters. The molecule has 0 aromatic rings. The molecule has 126 valence electrons. The van der Waals surface area contributed by atoms with Gasteiger partial charge in [-0.25, -0.2) is 0 Å². The van der Waals surface area contributed by atoms with E-state index in [4.69, 9.17) is 5.11 Å². The van der Waals surface area contributed by atoms with Gasteiger partial charge in [0, 0.05) is 19.1 Å². The molecule has 0 aromatic heterocycles. The first-order valence-corrected chi connectivity index (χ1v) is 7.99. The number of hydrogen-bond acceptors (Lipinski definition) is 3. The summed E-state index contributed by atoms with van der Waals surface area (Å²) in [6.45, 7) is 4.51. The van der Waals surface area contributed by atoms with Gasteiger partial charge in [-0.2, -0.15) is 13.2 Å². The molecule has 0 spiro atoms. The van der Waals surface area contributed by atoms with Crippen molar-refractivity contribution >= 4 is 0 Å². The summed E-state index contributed by atoms with van der Waals surface area (Å²) in [4.78, 5) is 1.35. The average molecular weight is 310 g/mol. The maximum absolute atomic E-state index is 12.6. The second-order valence-electron chi connectivity index (χ2n) is 6.31. The minimum absolute atomic E-state index is 0.0882. The van der Waals surface area contributed by atoms with Gasteiger partial charge in [0.05, 0.1) is 13.2 Å². The Balaban J connectivity index is 2.62. The Morgan fingerprint density at radius 2 is 2.00 bits per heavy atom. The molecule has 0 aromatic carbocycles. The molecule has 0 saturated heterocycles. The van der Waals surface area contributed by atoms with Crippen LogP contribution >= 0.6 is 0 Å². The molecule has 0 heterocycles. The molecular weight excluding hydrogens is 281 g/mol. The number of alkyl halides is 3. The van der Waals surface area contributed by atoms with Crippen LogP contribution in [0.2, 0.25) is 0 Å². The van der Waals surface area contributed by atoms with E-state index in [0.717, 1.165) is 32.2 Å². The second kappa shape index (κ2) is 8.96. The summed E-state index contributed by atoms with van der Waals surface area (Å²) in [5.41, 5.74) is 0. The Morgan fingerprint density at radius 3 is 2.57 bits per heavy atom. The molecule has 3 nitrogen and oxygen atoms in total. The Hall–Kier alpha value is -0.330. The third-order valence-electron chi connectivity index (χ3n) is 4.21. The zero-order valence-electron chi connectivity index (χ0n) is 13.1. The van der Waals surface area contributed by atoms with Crippen molar-refractivity contribution in [2.24, 2.45) is 11.8 Å². The lowest BCUT2D eigenvalue weighted by Crippen LogP contribution is -2.48. The van der Waals surface area contributed by atoms with Gasteiger partial charge >= 0.3 is 6.18 Å². The lowest BCUT2D eigenvalue weighted by atomic mass is 9.78. The number of rotatable bonds is 8. The van der Waals surface area contributed by atoms with Crippen molar-refractivity contribution in [3.63, 3.8) is 0 Å². The van der Waals surface area contributed by atoms with Crippen LogP contribution in [0.3, 0.4) is 0 Å². The SMILES string of the molecule is CCCNC1CCC(C)CC1CN(CCO)CC(F)(F)F. The van der Waals surface area contributed by atoms with Gasteiger partial charge in [-0.3, -0.25) is 4.90 Å². The third kappa shape index (κ3) is 7.47. The number of nitrogens with one attached hydrogen (secondary N) is 1. The molecule has 1 aliphatic rings. The van der Waals surface area contributed by atoms with Crippen molar-refractivity contribution < 1.29 is 18.3 Å². The average Bonchev–Trinajstić information content (AvgIpc) is 2.36. The van der Waals surface area contributed by atoms with E-state index in [0.29, 0.717) is 18.5 Å². The van der Waals surface area contributed by atoms with E-state index in [1.54, 1.807) is 0 Å². The molecule has 0 bridgehead atoms. The monoisotopic (exact) mass is 310 g/mol. The molecule has 3 unspecified atom stereocenters. The fraction of sp³-hybridized carbons (Fsp3) is 1.00. The summed E-state index contributed by atoms with van der Waals surface area (Å²) in [5, 5.41) is 12.5. The Kier molecular flexibility index (Phi) is 7.98. The highest BCUT2D eigenvalue weighted by molar-refractivity contribution is 4.86. The van der Waals surface area contributed by atoms with E-state index >= 15 is 0 Å². The van der Waals surface area contributed by atoms with E-state index in [-0.39, 0.29) is 19.1 Å². The van der Waals surface area contributed by atoms with Crippen molar-refractivity contribution in [2.45, 2.75) is 51.7 Å². The van der Waals surface area contributed by atoms with Crippen LogP contribution in [-0.2, 0) is 0 Å². The van der Waals surface area contributed by atoms with Crippen molar-refractivity contribution in [3.8, 4) is 0 Å². The smallest absolute Gasteiger partial charge is 0.395 e. The van der Waals surface area contributed by atoms with Crippen molar-refractivity contribution in [1.82, 2.24) is 10.2 Å². The minimum atomic E-state index is -4.21. The zero-order valence-corrected chi connectivity index (χ0v) is 13.1. The van der Waals surface area contributed by atoms with Crippen molar-refractivity contribution in [2.75, 3.05) is 32.8 Å². The molecule has 0 aliphatic heterocycles. The Labute approximate surface area is 125 Å². The Morgan fingerprint density at radius 1 is 1.29 bits per heavy atom.